The summed E-state index contributed by atoms with van der Waals surface area (Å²) >= 11 is 7.41. The van der Waals surface area contributed by atoms with Crippen LogP contribution in [0.3, 0.4) is 0 Å². The number of rotatable bonds is 6. The number of hydrogen-bond acceptors (Lipinski definition) is 3. The highest BCUT2D eigenvalue weighted by molar-refractivity contribution is 7.10. The van der Waals surface area contributed by atoms with E-state index in [-0.39, 0.29) is 24.4 Å². The van der Waals surface area contributed by atoms with Crippen LogP contribution in [0.1, 0.15) is 24.1 Å². The molecule has 0 radical (unpaired) electrons. The molecule has 3 N–H and O–H groups in total. The molecule has 102 valence electrons. The van der Waals surface area contributed by atoms with Gasteiger partial charge in [0.1, 0.15) is 0 Å². The molecule has 1 aliphatic carbocycles. The quantitative estimate of drug-likeness (QED) is 0.848. The molecule has 0 bridgehead atoms. The van der Waals surface area contributed by atoms with Crippen molar-refractivity contribution in [1.82, 2.24) is 5.32 Å². The van der Waals surface area contributed by atoms with Gasteiger partial charge < -0.3 is 11.1 Å². The fourth-order valence-corrected chi connectivity index (χ4v) is 2.81. The zero-order valence-electron chi connectivity index (χ0n) is 10.0. The third-order valence-electron chi connectivity index (χ3n) is 2.98. The minimum absolute atomic E-state index is 0. The van der Waals surface area contributed by atoms with Crippen LogP contribution in [0, 0.1) is 5.92 Å². The smallest absolute Gasteiger partial charge is 0.220 e. The molecule has 1 aromatic heterocycles. The van der Waals surface area contributed by atoms with Crippen LogP contribution in [-0.4, -0.2) is 18.5 Å². The monoisotopic (exact) mass is 308 g/mol. The third-order valence-corrected chi connectivity index (χ3v) is 4.33. The molecule has 18 heavy (non-hydrogen) atoms. The summed E-state index contributed by atoms with van der Waals surface area (Å²) in [5, 5.41) is 5.53. The Hall–Kier alpha value is -0.290. The minimum Gasteiger partial charge on any atom is -0.355 e. The third kappa shape index (κ3) is 5.14. The minimum atomic E-state index is 0. The second-order valence-electron chi connectivity index (χ2n) is 4.54. The van der Waals surface area contributed by atoms with Crippen LogP contribution in [0.25, 0.3) is 0 Å². The highest BCUT2D eigenvalue weighted by Crippen LogP contribution is 2.31. The molecule has 1 aromatic rings. The Labute approximate surface area is 122 Å². The molecule has 1 unspecified atom stereocenters. The van der Waals surface area contributed by atoms with Crippen molar-refractivity contribution in [3.63, 3.8) is 0 Å². The lowest BCUT2D eigenvalue weighted by Gasteiger charge is -2.11. The van der Waals surface area contributed by atoms with Gasteiger partial charge in [0.25, 0.3) is 0 Å². The Morgan fingerprint density at radius 3 is 2.89 bits per heavy atom. The van der Waals surface area contributed by atoms with E-state index in [1.54, 1.807) is 11.3 Å². The summed E-state index contributed by atoms with van der Waals surface area (Å²) in [4.78, 5) is 12.7. The van der Waals surface area contributed by atoms with E-state index < -0.39 is 0 Å². The van der Waals surface area contributed by atoms with Gasteiger partial charge >= 0.3 is 0 Å². The van der Waals surface area contributed by atoms with Gasteiger partial charge in [-0.1, -0.05) is 11.6 Å². The van der Waals surface area contributed by atoms with E-state index in [9.17, 15) is 4.79 Å². The van der Waals surface area contributed by atoms with Crippen molar-refractivity contribution in [2.45, 2.75) is 31.7 Å². The van der Waals surface area contributed by atoms with Crippen LogP contribution >= 0.6 is 35.3 Å². The molecule has 0 spiro atoms. The lowest BCUT2D eigenvalue weighted by atomic mass is 10.2. The molecule has 1 heterocycles. The molecule has 1 aliphatic rings. The van der Waals surface area contributed by atoms with Crippen molar-refractivity contribution < 1.29 is 4.79 Å². The maximum absolute atomic E-state index is 11.6. The number of hydrogen-bond donors (Lipinski definition) is 2. The van der Waals surface area contributed by atoms with Gasteiger partial charge in [-0.15, -0.1) is 23.7 Å². The first-order chi connectivity index (χ1) is 8.15. The number of nitrogens with one attached hydrogen (secondary N) is 1. The number of amides is 1. The zero-order chi connectivity index (χ0) is 12.3. The second-order valence-corrected chi connectivity index (χ2v) is 5.97. The van der Waals surface area contributed by atoms with Gasteiger partial charge in [-0.3, -0.25) is 4.79 Å². The van der Waals surface area contributed by atoms with Gasteiger partial charge in [0, 0.05) is 29.3 Å². The Morgan fingerprint density at radius 2 is 2.33 bits per heavy atom. The molecule has 1 saturated carbocycles. The highest BCUT2D eigenvalue weighted by Gasteiger charge is 2.28. The van der Waals surface area contributed by atoms with Gasteiger partial charge in [0.05, 0.1) is 5.02 Å². The molecule has 0 aliphatic heterocycles. The van der Waals surface area contributed by atoms with Gasteiger partial charge in [-0.25, -0.2) is 0 Å². The lowest BCUT2D eigenvalue weighted by Crippen LogP contribution is -2.38. The SMILES string of the molecule is Cl.NC(CNC(=O)CCc1cc(Cl)cs1)C1CC1. The van der Waals surface area contributed by atoms with Crippen LogP contribution in [0.4, 0.5) is 0 Å². The van der Waals surface area contributed by atoms with Gasteiger partial charge in [0.15, 0.2) is 0 Å². The number of carbonyl (C=O) groups excluding carboxylic acids is 1. The van der Waals surface area contributed by atoms with Crippen molar-refractivity contribution in [1.29, 1.82) is 0 Å². The first kappa shape index (κ1) is 15.8. The van der Waals surface area contributed by atoms with Gasteiger partial charge in [-0.05, 0) is 31.2 Å². The molecule has 1 amide bonds. The fraction of sp³-hybridized carbons (Fsp3) is 0.583. The average Bonchev–Trinajstić information content (AvgIpc) is 3.07. The van der Waals surface area contributed by atoms with Crippen molar-refractivity contribution in [2.75, 3.05) is 6.54 Å². The Morgan fingerprint density at radius 1 is 1.61 bits per heavy atom. The molecule has 3 nitrogen and oxygen atoms in total. The van der Waals surface area contributed by atoms with Crippen molar-refractivity contribution >= 4 is 41.3 Å². The Balaban J connectivity index is 0.00000162. The highest BCUT2D eigenvalue weighted by atomic mass is 35.5. The summed E-state index contributed by atoms with van der Waals surface area (Å²) in [7, 11) is 0. The van der Waals surface area contributed by atoms with Crippen LogP contribution in [0.5, 0.6) is 0 Å². The fourth-order valence-electron chi connectivity index (χ4n) is 1.73. The second kappa shape index (κ2) is 7.34. The van der Waals surface area contributed by atoms with Crippen molar-refractivity contribution in [3.05, 3.63) is 21.3 Å². The average molecular weight is 309 g/mol. The van der Waals surface area contributed by atoms with E-state index in [0.717, 1.165) is 16.3 Å². The topological polar surface area (TPSA) is 55.1 Å². The van der Waals surface area contributed by atoms with E-state index >= 15 is 0 Å². The summed E-state index contributed by atoms with van der Waals surface area (Å²) in [5.74, 6) is 0.706. The molecular formula is C12H18Cl2N2OS. The zero-order valence-corrected chi connectivity index (χ0v) is 12.4. The summed E-state index contributed by atoms with van der Waals surface area (Å²) in [6, 6.07) is 2.05. The first-order valence-corrected chi connectivity index (χ1v) is 7.16. The number of nitrogens with two attached hydrogens (primary N) is 1. The maximum atomic E-state index is 11.6. The summed E-state index contributed by atoms with van der Waals surface area (Å²) in [6.07, 6.45) is 3.69. The number of thiophene rings is 1. The normalized spacial score (nSPS) is 15.9. The molecule has 2 rings (SSSR count). The van der Waals surface area contributed by atoms with E-state index in [1.165, 1.54) is 12.8 Å². The summed E-state index contributed by atoms with van der Waals surface area (Å²) < 4.78 is 0. The Bertz CT molecular complexity index is 393. The van der Waals surface area contributed by atoms with Crippen LogP contribution in [-0.2, 0) is 11.2 Å². The molecule has 0 aromatic carbocycles. The number of carbonyl (C=O) groups is 1. The molecule has 6 heteroatoms. The van der Waals surface area contributed by atoms with Crippen LogP contribution < -0.4 is 11.1 Å². The largest absolute Gasteiger partial charge is 0.355 e. The lowest BCUT2D eigenvalue weighted by molar-refractivity contribution is -0.121. The number of aryl methyl sites for hydroxylation is 1. The standard InChI is InChI=1S/C12H17ClN2OS.ClH/c13-9-5-10(17-7-9)3-4-12(16)15-6-11(14)8-1-2-8;/h5,7-8,11H,1-4,6,14H2,(H,15,16);1H. The van der Waals surface area contributed by atoms with Crippen molar-refractivity contribution in [2.24, 2.45) is 11.7 Å². The van der Waals surface area contributed by atoms with Crippen LogP contribution in [0.15, 0.2) is 11.4 Å². The predicted molar refractivity (Wildman–Crippen MR) is 78.6 cm³/mol. The molecule has 0 saturated heterocycles. The van der Waals surface area contributed by atoms with E-state index in [0.29, 0.717) is 18.9 Å². The Kier molecular flexibility index (Phi) is 6.43. The maximum Gasteiger partial charge on any atom is 0.220 e. The first-order valence-electron chi connectivity index (χ1n) is 5.90. The van der Waals surface area contributed by atoms with Crippen LogP contribution in [0.2, 0.25) is 5.02 Å². The summed E-state index contributed by atoms with van der Waals surface area (Å²) in [5.41, 5.74) is 5.91. The van der Waals surface area contributed by atoms with E-state index in [2.05, 4.69) is 5.32 Å². The van der Waals surface area contributed by atoms with Crippen molar-refractivity contribution in [3.8, 4) is 0 Å². The van der Waals surface area contributed by atoms with E-state index in [1.807, 2.05) is 11.4 Å². The predicted octanol–water partition coefficient (Wildman–Crippen LogP) is 2.61. The molecule has 1 fully saturated rings. The van der Waals surface area contributed by atoms with E-state index in [4.69, 9.17) is 17.3 Å². The number of halogens is 2. The van der Waals surface area contributed by atoms with Gasteiger partial charge in [0.2, 0.25) is 5.91 Å². The summed E-state index contributed by atoms with van der Waals surface area (Å²) in [6.45, 7) is 0.606. The molecule has 1 atom stereocenters. The van der Waals surface area contributed by atoms with Gasteiger partial charge in [-0.2, -0.15) is 0 Å². The molecular weight excluding hydrogens is 291 g/mol.